The summed E-state index contributed by atoms with van der Waals surface area (Å²) in [4.78, 5) is 37.6. The monoisotopic (exact) mass is 491 g/mol. The Morgan fingerprint density at radius 1 is 1.03 bits per heavy atom. The van der Waals surface area contributed by atoms with E-state index in [0.29, 0.717) is 27.3 Å². The van der Waals surface area contributed by atoms with Crippen molar-refractivity contribution < 1.29 is 23.5 Å². The van der Waals surface area contributed by atoms with Crippen LogP contribution < -0.4 is 15.5 Å². The molecule has 1 heterocycles. The second-order valence-electron chi connectivity index (χ2n) is 7.88. The lowest BCUT2D eigenvalue weighted by Crippen LogP contribution is -2.41. The fourth-order valence-corrected chi connectivity index (χ4v) is 3.63. The quantitative estimate of drug-likeness (QED) is 0.277. The molecule has 3 aromatic carbocycles. The van der Waals surface area contributed by atoms with E-state index in [1.807, 2.05) is 30.3 Å². The number of aryl methyl sites for hydroxylation is 1. The molecule has 0 bridgehead atoms. The van der Waals surface area contributed by atoms with Gasteiger partial charge in [-0.25, -0.2) is 9.59 Å². The van der Waals surface area contributed by atoms with Crippen LogP contribution >= 0.6 is 11.6 Å². The van der Waals surface area contributed by atoms with Crippen molar-refractivity contribution in [1.82, 2.24) is 5.32 Å². The van der Waals surface area contributed by atoms with Crippen molar-refractivity contribution in [2.45, 2.75) is 26.5 Å². The molecule has 7 nitrogen and oxygen atoms in total. The first-order valence-electron chi connectivity index (χ1n) is 10.8. The number of carbonyl (C=O) groups excluding carboxylic acids is 2. The molecule has 0 radical (unpaired) electrons. The molecule has 1 N–H and O–H groups in total. The van der Waals surface area contributed by atoms with Gasteiger partial charge in [-0.1, -0.05) is 54.1 Å². The molecular weight excluding hydrogens is 470 g/mol. The van der Waals surface area contributed by atoms with Crippen LogP contribution in [0.1, 0.15) is 18.2 Å². The highest BCUT2D eigenvalue weighted by Gasteiger charge is 2.20. The van der Waals surface area contributed by atoms with Gasteiger partial charge in [-0.3, -0.25) is 4.79 Å². The van der Waals surface area contributed by atoms with Crippen LogP contribution in [-0.2, 0) is 16.1 Å². The Balaban J connectivity index is 1.44. The van der Waals surface area contributed by atoms with Crippen LogP contribution in [0.4, 0.5) is 4.79 Å². The molecule has 4 rings (SSSR count). The van der Waals surface area contributed by atoms with Crippen LogP contribution in [0.15, 0.2) is 82.0 Å². The van der Waals surface area contributed by atoms with Crippen LogP contribution in [0.2, 0.25) is 5.02 Å². The molecule has 178 valence electrons. The summed E-state index contributed by atoms with van der Waals surface area (Å²) in [6.45, 7) is 3.25. The molecule has 0 spiro atoms. The molecule has 1 atom stereocenters. The molecule has 0 aliphatic rings. The summed E-state index contributed by atoms with van der Waals surface area (Å²) in [5, 5.41) is 3.35. The zero-order valence-corrected chi connectivity index (χ0v) is 19.8. The predicted molar refractivity (Wildman–Crippen MR) is 133 cm³/mol. The number of amides is 1. The Kier molecular flexibility index (Phi) is 7.17. The third kappa shape index (κ3) is 5.70. The molecule has 35 heavy (non-hydrogen) atoms. The number of ether oxygens (including phenoxy) is 2. The van der Waals surface area contributed by atoms with E-state index in [1.54, 1.807) is 31.2 Å². The molecular formula is C27H22ClNO6. The Bertz CT molecular complexity index is 1430. The third-order valence-corrected chi connectivity index (χ3v) is 5.54. The molecule has 8 heteroatoms. The normalized spacial score (nSPS) is 11.6. The van der Waals surface area contributed by atoms with Gasteiger partial charge in [-0.2, -0.15) is 0 Å². The zero-order valence-electron chi connectivity index (χ0n) is 19.0. The highest BCUT2D eigenvalue weighted by molar-refractivity contribution is 6.30. The molecule has 0 saturated heterocycles. The summed E-state index contributed by atoms with van der Waals surface area (Å²) >= 11 is 5.95. The first kappa shape index (κ1) is 24.0. The van der Waals surface area contributed by atoms with Gasteiger partial charge in [0.2, 0.25) is 5.43 Å². The van der Waals surface area contributed by atoms with Crippen molar-refractivity contribution >= 4 is 34.6 Å². The van der Waals surface area contributed by atoms with E-state index in [4.69, 9.17) is 25.5 Å². The topological polar surface area (TPSA) is 94.8 Å². The van der Waals surface area contributed by atoms with Crippen molar-refractivity contribution in [1.29, 1.82) is 0 Å². The summed E-state index contributed by atoms with van der Waals surface area (Å²) in [6, 6.07) is 19.6. The van der Waals surface area contributed by atoms with Crippen molar-refractivity contribution in [2.24, 2.45) is 0 Å². The highest BCUT2D eigenvalue weighted by Crippen LogP contribution is 2.27. The zero-order chi connectivity index (χ0) is 24.9. The molecule has 0 saturated carbocycles. The Labute approximate surface area is 206 Å². The first-order chi connectivity index (χ1) is 16.8. The summed E-state index contributed by atoms with van der Waals surface area (Å²) < 4.78 is 16.4. The second kappa shape index (κ2) is 10.4. The smallest absolute Gasteiger partial charge is 0.408 e. The SMILES string of the molecule is Cc1oc2cc(OC(=O)[C@H](C)NC(=O)OCc3ccccc3)ccc2c(=O)c1-c1ccc(Cl)cc1. The van der Waals surface area contributed by atoms with Gasteiger partial charge in [0.1, 0.15) is 29.7 Å². The van der Waals surface area contributed by atoms with Crippen molar-refractivity contribution in [2.75, 3.05) is 0 Å². The maximum absolute atomic E-state index is 13.1. The van der Waals surface area contributed by atoms with Crippen LogP contribution in [0, 0.1) is 6.92 Å². The maximum atomic E-state index is 13.1. The molecule has 0 fully saturated rings. The number of esters is 1. The number of carbonyl (C=O) groups is 2. The molecule has 1 aromatic heterocycles. The van der Waals surface area contributed by atoms with E-state index >= 15 is 0 Å². The minimum absolute atomic E-state index is 0.0789. The second-order valence-corrected chi connectivity index (χ2v) is 8.31. The van der Waals surface area contributed by atoms with E-state index < -0.39 is 18.1 Å². The van der Waals surface area contributed by atoms with Gasteiger partial charge >= 0.3 is 12.1 Å². The van der Waals surface area contributed by atoms with Gasteiger partial charge in [0.25, 0.3) is 0 Å². The lowest BCUT2D eigenvalue weighted by Gasteiger charge is -2.14. The van der Waals surface area contributed by atoms with Gasteiger partial charge < -0.3 is 19.2 Å². The van der Waals surface area contributed by atoms with Gasteiger partial charge in [0, 0.05) is 11.1 Å². The standard InChI is InChI=1S/C27H22ClNO6/c1-16(29-27(32)33-15-18-6-4-3-5-7-18)26(31)35-21-12-13-22-23(14-21)34-17(2)24(25(22)30)19-8-10-20(28)11-9-19/h3-14,16H,15H2,1-2H3,(H,29,32)/t16-/m0/s1. The van der Waals surface area contributed by atoms with Crippen molar-refractivity contribution in [3.63, 3.8) is 0 Å². The number of rotatable bonds is 6. The number of hydrogen-bond donors (Lipinski definition) is 1. The fraction of sp³-hybridized carbons (Fsp3) is 0.148. The van der Waals surface area contributed by atoms with Crippen LogP contribution in [0.25, 0.3) is 22.1 Å². The van der Waals surface area contributed by atoms with Gasteiger partial charge in [0.15, 0.2) is 0 Å². The number of fused-ring (bicyclic) bond motifs is 1. The van der Waals surface area contributed by atoms with Crippen LogP contribution in [-0.4, -0.2) is 18.1 Å². The average molecular weight is 492 g/mol. The molecule has 0 unspecified atom stereocenters. The third-order valence-electron chi connectivity index (χ3n) is 5.29. The van der Waals surface area contributed by atoms with Crippen molar-refractivity contribution in [3.05, 3.63) is 99.4 Å². The molecule has 1 amide bonds. The molecule has 0 aliphatic heterocycles. The summed E-state index contributed by atoms with van der Waals surface area (Å²) in [5.74, 6) is -0.0991. The predicted octanol–water partition coefficient (Wildman–Crippen LogP) is 5.64. The van der Waals surface area contributed by atoms with E-state index in [2.05, 4.69) is 5.32 Å². The number of benzene rings is 3. The van der Waals surface area contributed by atoms with E-state index in [0.717, 1.165) is 5.56 Å². The van der Waals surface area contributed by atoms with Gasteiger partial charge in [0.05, 0.1) is 10.9 Å². The summed E-state index contributed by atoms with van der Waals surface area (Å²) in [7, 11) is 0. The number of nitrogens with one attached hydrogen (secondary N) is 1. The Morgan fingerprint density at radius 2 is 1.74 bits per heavy atom. The number of hydrogen-bond acceptors (Lipinski definition) is 6. The van der Waals surface area contributed by atoms with Gasteiger partial charge in [-0.05, 0) is 49.2 Å². The summed E-state index contributed by atoms with van der Waals surface area (Å²) in [5.41, 5.74) is 2.02. The van der Waals surface area contributed by atoms with E-state index in [-0.39, 0.29) is 23.4 Å². The Morgan fingerprint density at radius 3 is 2.46 bits per heavy atom. The minimum Gasteiger partial charge on any atom is -0.460 e. The van der Waals surface area contributed by atoms with Crippen molar-refractivity contribution in [3.8, 4) is 16.9 Å². The average Bonchev–Trinajstić information content (AvgIpc) is 2.84. The number of halogens is 1. The lowest BCUT2D eigenvalue weighted by molar-refractivity contribution is -0.136. The first-order valence-corrected chi connectivity index (χ1v) is 11.2. The van der Waals surface area contributed by atoms with Crippen LogP contribution in [0.3, 0.4) is 0 Å². The minimum atomic E-state index is -0.963. The Hall–Kier alpha value is -4.10. The number of alkyl carbamates (subject to hydrolysis) is 1. The largest absolute Gasteiger partial charge is 0.460 e. The molecule has 0 aliphatic carbocycles. The fourth-order valence-electron chi connectivity index (χ4n) is 3.50. The van der Waals surface area contributed by atoms with Gasteiger partial charge in [-0.15, -0.1) is 0 Å². The van der Waals surface area contributed by atoms with E-state index in [9.17, 15) is 14.4 Å². The maximum Gasteiger partial charge on any atom is 0.408 e. The highest BCUT2D eigenvalue weighted by atomic mass is 35.5. The summed E-state index contributed by atoms with van der Waals surface area (Å²) in [6.07, 6.45) is -0.742. The molecule has 4 aromatic rings. The van der Waals surface area contributed by atoms with Crippen LogP contribution in [0.5, 0.6) is 5.75 Å². The lowest BCUT2D eigenvalue weighted by atomic mass is 10.0. The van der Waals surface area contributed by atoms with E-state index in [1.165, 1.54) is 25.1 Å².